The number of aliphatic carboxylic acids is 1. The van der Waals surface area contributed by atoms with E-state index >= 15 is 0 Å². The monoisotopic (exact) mass is 345 g/mol. The molecule has 0 bridgehead atoms. The van der Waals surface area contributed by atoms with Crippen molar-refractivity contribution in [3.8, 4) is 5.75 Å². The van der Waals surface area contributed by atoms with Gasteiger partial charge in [0.15, 0.2) is 16.7 Å². The van der Waals surface area contributed by atoms with Crippen molar-refractivity contribution in [3.63, 3.8) is 0 Å². The van der Waals surface area contributed by atoms with Crippen molar-refractivity contribution >= 4 is 46.6 Å². The Labute approximate surface area is 132 Å². The van der Waals surface area contributed by atoms with Gasteiger partial charge in [-0.2, -0.15) is 5.10 Å². The van der Waals surface area contributed by atoms with Crippen LogP contribution < -0.4 is 5.32 Å². The molecule has 2 rings (SSSR count). The molecule has 0 aliphatic carbocycles. The summed E-state index contributed by atoms with van der Waals surface area (Å²) in [7, 11) is 0. The molecular weight excluding hydrogens is 337 g/mol. The van der Waals surface area contributed by atoms with Gasteiger partial charge in [-0.25, -0.2) is 4.39 Å². The van der Waals surface area contributed by atoms with Crippen molar-refractivity contribution in [2.75, 3.05) is 0 Å². The second-order valence-electron chi connectivity index (χ2n) is 4.18. The summed E-state index contributed by atoms with van der Waals surface area (Å²) < 4.78 is 13.2. The Bertz CT molecular complexity index is 672. The maximum atomic E-state index is 13.2. The molecule has 1 aliphatic rings. The quantitative estimate of drug-likeness (QED) is 0.566. The maximum absolute atomic E-state index is 13.2. The van der Waals surface area contributed by atoms with Crippen LogP contribution in [-0.4, -0.2) is 38.7 Å². The second-order valence-corrected chi connectivity index (χ2v) is 5.78. The number of carboxylic acids is 1. The Morgan fingerprint density at radius 1 is 1.55 bits per heavy atom. The van der Waals surface area contributed by atoms with Crippen LogP contribution in [0.1, 0.15) is 12.0 Å². The van der Waals surface area contributed by atoms with E-state index in [1.54, 1.807) is 0 Å². The highest BCUT2D eigenvalue weighted by Crippen LogP contribution is 2.27. The molecule has 7 nitrogen and oxygen atoms in total. The lowest BCUT2D eigenvalue weighted by molar-refractivity contribution is -0.138. The molecule has 0 radical (unpaired) electrons. The van der Waals surface area contributed by atoms with E-state index in [1.165, 1.54) is 12.3 Å². The van der Waals surface area contributed by atoms with Crippen LogP contribution in [0.5, 0.6) is 5.75 Å². The third-order valence-corrected chi connectivity index (χ3v) is 3.89. The highest BCUT2D eigenvalue weighted by molar-refractivity contribution is 8.15. The molecule has 22 heavy (non-hydrogen) atoms. The smallest absolute Gasteiger partial charge is 0.305 e. The number of amidine groups is 1. The van der Waals surface area contributed by atoms with Gasteiger partial charge < -0.3 is 15.5 Å². The number of phenols is 1. The predicted octanol–water partition coefficient (Wildman–Crippen LogP) is 1.58. The molecule has 10 heteroatoms. The highest BCUT2D eigenvalue weighted by atomic mass is 35.5. The van der Waals surface area contributed by atoms with Crippen LogP contribution in [0, 0.1) is 5.82 Å². The van der Waals surface area contributed by atoms with Crippen LogP contribution in [0.15, 0.2) is 22.3 Å². The number of nitrogens with one attached hydrogen (secondary N) is 1. The van der Waals surface area contributed by atoms with Crippen molar-refractivity contribution in [1.82, 2.24) is 5.32 Å². The number of halogens is 2. The molecule has 1 unspecified atom stereocenters. The number of phenolic OH excluding ortho intramolecular Hbond substituents is 1. The summed E-state index contributed by atoms with van der Waals surface area (Å²) in [5, 5.41) is 26.8. The van der Waals surface area contributed by atoms with Gasteiger partial charge in [-0.15, -0.1) is 5.10 Å². The van der Waals surface area contributed by atoms with Gasteiger partial charge in [-0.05, 0) is 17.7 Å². The van der Waals surface area contributed by atoms with Crippen LogP contribution >= 0.6 is 23.4 Å². The number of rotatable bonds is 4. The first-order chi connectivity index (χ1) is 10.4. The summed E-state index contributed by atoms with van der Waals surface area (Å²) >= 11 is 6.55. The summed E-state index contributed by atoms with van der Waals surface area (Å²) in [6, 6.07) is 2.30. The standard InChI is InChI=1S/C12H9ClFN3O4S/c13-6-1-5(2-7(14)10(6)20)4-15-17-12-16-11(21)8(22-12)3-9(18)19/h1-2,4,8,20H,3H2,(H,18,19)(H,16,17,21). The molecule has 1 fully saturated rings. The van der Waals surface area contributed by atoms with E-state index in [0.717, 1.165) is 17.8 Å². The minimum Gasteiger partial charge on any atom is -0.504 e. The summed E-state index contributed by atoms with van der Waals surface area (Å²) in [6.45, 7) is 0. The Balaban J connectivity index is 2.06. The fourth-order valence-corrected chi connectivity index (χ4v) is 2.68. The molecule has 1 aromatic rings. The topological polar surface area (TPSA) is 111 Å². The van der Waals surface area contributed by atoms with Crippen LogP contribution in [0.2, 0.25) is 5.02 Å². The van der Waals surface area contributed by atoms with Crippen molar-refractivity contribution in [2.24, 2.45) is 10.2 Å². The molecule has 0 saturated carbocycles. The predicted molar refractivity (Wildman–Crippen MR) is 79.9 cm³/mol. The molecule has 0 aromatic heterocycles. The molecule has 3 N–H and O–H groups in total. The van der Waals surface area contributed by atoms with Gasteiger partial charge in [-0.1, -0.05) is 23.4 Å². The molecule has 0 spiro atoms. The summed E-state index contributed by atoms with van der Waals surface area (Å²) in [6.07, 6.45) is 0.858. The normalized spacial score (nSPS) is 19.8. The Hall–Kier alpha value is -2.13. The average molecular weight is 346 g/mol. The highest BCUT2D eigenvalue weighted by Gasteiger charge is 2.32. The van der Waals surface area contributed by atoms with Crippen molar-refractivity contribution in [1.29, 1.82) is 0 Å². The van der Waals surface area contributed by atoms with E-state index < -0.39 is 28.7 Å². The van der Waals surface area contributed by atoms with E-state index in [0.29, 0.717) is 0 Å². The third kappa shape index (κ3) is 3.95. The van der Waals surface area contributed by atoms with Gasteiger partial charge in [0.2, 0.25) is 5.91 Å². The average Bonchev–Trinajstić information content (AvgIpc) is 2.75. The number of thioether (sulfide) groups is 1. The number of aromatic hydroxyl groups is 1. The lowest BCUT2D eigenvalue weighted by atomic mass is 10.2. The van der Waals surface area contributed by atoms with E-state index in [-0.39, 0.29) is 22.2 Å². The molecule has 1 saturated heterocycles. The SMILES string of the molecule is O=C(O)CC1SC(=NN=Cc2cc(F)c(O)c(Cl)c2)NC1=O. The van der Waals surface area contributed by atoms with Crippen LogP contribution in [-0.2, 0) is 9.59 Å². The minimum absolute atomic E-state index is 0.151. The van der Waals surface area contributed by atoms with Crippen LogP contribution in [0.4, 0.5) is 4.39 Å². The number of carboxylic acid groups (broad SMARTS) is 1. The zero-order valence-corrected chi connectivity index (χ0v) is 12.4. The molecule has 1 aliphatic heterocycles. The van der Waals surface area contributed by atoms with Crippen molar-refractivity contribution in [3.05, 3.63) is 28.5 Å². The van der Waals surface area contributed by atoms with Crippen molar-refractivity contribution < 1.29 is 24.2 Å². The number of amides is 1. The first-order valence-corrected chi connectivity index (χ1v) is 7.11. The van der Waals surface area contributed by atoms with Crippen LogP contribution in [0.3, 0.4) is 0 Å². The number of hydrogen-bond donors (Lipinski definition) is 3. The summed E-state index contributed by atoms with van der Waals surface area (Å²) in [4.78, 5) is 22.0. The zero-order valence-electron chi connectivity index (χ0n) is 10.8. The molecular formula is C12H9ClFN3O4S. The van der Waals surface area contributed by atoms with E-state index in [2.05, 4.69) is 15.5 Å². The summed E-state index contributed by atoms with van der Waals surface area (Å²) in [5.41, 5.74) is 0.265. The van der Waals surface area contributed by atoms with Crippen molar-refractivity contribution in [2.45, 2.75) is 11.7 Å². The molecule has 1 atom stereocenters. The van der Waals surface area contributed by atoms with E-state index in [9.17, 15) is 19.1 Å². The lowest BCUT2D eigenvalue weighted by Crippen LogP contribution is -2.26. The first-order valence-electron chi connectivity index (χ1n) is 5.85. The number of benzene rings is 1. The van der Waals surface area contributed by atoms with Crippen LogP contribution in [0.25, 0.3) is 0 Å². The van der Waals surface area contributed by atoms with Gasteiger partial charge in [-0.3, -0.25) is 9.59 Å². The van der Waals surface area contributed by atoms with Gasteiger partial charge in [0.1, 0.15) is 5.25 Å². The lowest BCUT2D eigenvalue weighted by Gasteiger charge is -1.99. The fourth-order valence-electron chi connectivity index (χ4n) is 1.55. The van der Waals surface area contributed by atoms with E-state index in [4.69, 9.17) is 16.7 Å². The Morgan fingerprint density at radius 3 is 2.91 bits per heavy atom. The van der Waals surface area contributed by atoms with Gasteiger partial charge >= 0.3 is 5.97 Å². The maximum Gasteiger partial charge on any atom is 0.305 e. The number of hydrogen-bond acceptors (Lipinski definition) is 6. The fraction of sp³-hybridized carbons (Fsp3) is 0.167. The van der Waals surface area contributed by atoms with E-state index in [1.807, 2.05) is 0 Å². The summed E-state index contributed by atoms with van der Waals surface area (Å²) in [5.74, 6) is -3.10. The minimum atomic E-state index is -1.09. The molecule has 1 aromatic carbocycles. The van der Waals surface area contributed by atoms with Gasteiger partial charge in [0.25, 0.3) is 0 Å². The first kappa shape index (κ1) is 16.2. The number of nitrogens with zero attached hydrogens (tertiary/aromatic N) is 2. The van der Waals surface area contributed by atoms with Gasteiger partial charge in [0, 0.05) is 0 Å². The number of carbonyl (C=O) groups is 2. The Morgan fingerprint density at radius 2 is 2.27 bits per heavy atom. The third-order valence-electron chi connectivity index (χ3n) is 2.53. The number of carbonyl (C=O) groups excluding carboxylic acids is 1. The zero-order chi connectivity index (χ0) is 16.3. The molecule has 116 valence electrons. The molecule has 1 amide bonds. The Kier molecular flexibility index (Phi) is 4.99. The van der Waals surface area contributed by atoms with Gasteiger partial charge in [0.05, 0.1) is 17.7 Å². The molecule has 1 heterocycles. The second kappa shape index (κ2) is 6.75. The largest absolute Gasteiger partial charge is 0.504 e.